The average molecular weight is 260 g/mol. The number of carbonyl (C=O) groups excluding carboxylic acids is 1. The number of amides is 1. The van der Waals surface area contributed by atoms with Gasteiger partial charge < -0.3 is 10.6 Å². The van der Waals surface area contributed by atoms with Gasteiger partial charge in [0.05, 0.1) is 5.56 Å². The van der Waals surface area contributed by atoms with Crippen LogP contribution >= 0.6 is 0 Å². The number of halogens is 1. The van der Waals surface area contributed by atoms with Crippen molar-refractivity contribution in [3.8, 4) is 0 Å². The van der Waals surface area contributed by atoms with E-state index in [0.29, 0.717) is 12.2 Å². The zero-order valence-corrected chi connectivity index (χ0v) is 10.4. The number of carbonyl (C=O) groups is 1. The molecule has 0 aliphatic heterocycles. The highest BCUT2D eigenvalue weighted by molar-refractivity contribution is 6.04. The molecule has 0 spiro atoms. The van der Waals surface area contributed by atoms with E-state index >= 15 is 0 Å². The first-order valence-corrected chi connectivity index (χ1v) is 5.82. The third-order valence-electron chi connectivity index (χ3n) is 2.42. The fourth-order valence-corrected chi connectivity index (χ4v) is 1.54. The lowest BCUT2D eigenvalue weighted by atomic mass is 10.2. The minimum absolute atomic E-state index is 0.0530. The van der Waals surface area contributed by atoms with Crippen molar-refractivity contribution >= 4 is 17.4 Å². The van der Waals surface area contributed by atoms with Crippen LogP contribution in [0, 0.1) is 5.82 Å². The Kier molecular flexibility index (Phi) is 4.02. The highest BCUT2D eigenvalue weighted by Crippen LogP contribution is 2.16. The Bertz CT molecular complexity index is 574. The molecule has 0 unspecified atom stereocenters. The molecule has 6 heteroatoms. The first kappa shape index (κ1) is 12.9. The summed E-state index contributed by atoms with van der Waals surface area (Å²) in [6.45, 7) is 2.35. The van der Waals surface area contributed by atoms with Crippen LogP contribution in [-0.2, 0) is 0 Å². The second-order valence-electron chi connectivity index (χ2n) is 3.74. The highest BCUT2D eigenvalue weighted by atomic mass is 19.1. The Morgan fingerprint density at radius 2 is 2.00 bits per heavy atom. The van der Waals surface area contributed by atoms with Crippen LogP contribution in [0.5, 0.6) is 0 Å². The molecule has 0 atom stereocenters. The van der Waals surface area contributed by atoms with Crippen molar-refractivity contribution in [2.75, 3.05) is 17.2 Å². The summed E-state index contributed by atoms with van der Waals surface area (Å²) in [5.41, 5.74) is 0.504. The van der Waals surface area contributed by atoms with E-state index in [-0.39, 0.29) is 11.4 Å². The molecule has 0 bridgehead atoms. The second-order valence-corrected chi connectivity index (χ2v) is 3.74. The fraction of sp³-hybridized carbons (Fsp3) is 0.154. The Morgan fingerprint density at radius 3 is 2.68 bits per heavy atom. The normalized spacial score (nSPS) is 10.0. The fourth-order valence-electron chi connectivity index (χ4n) is 1.54. The number of pyridine rings is 2. The molecule has 0 aliphatic carbocycles. The predicted molar refractivity (Wildman–Crippen MR) is 70.5 cm³/mol. The largest absolute Gasteiger partial charge is 0.368 e. The molecule has 2 N–H and O–H groups in total. The van der Waals surface area contributed by atoms with Crippen molar-refractivity contribution in [1.29, 1.82) is 0 Å². The van der Waals surface area contributed by atoms with Crippen LogP contribution in [0.1, 0.15) is 17.3 Å². The molecule has 2 heterocycles. The van der Waals surface area contributed by atoms with E-state index in [9.17, 15) is 9.18 Å². The second kappa shape index (κ2) is 5.90. The van der Waals surface area contributed by atoms with Gasteiger partial charge in [0.25, 0.3) is 5.91 Å². The number of rotatable bonds is 4. The summed E-state index contributed by atoms with van der Waals surface area (Å²) in [7, 11) is 0. The summed E-state index contributed by atoms with van der Waals surface area (Å²) in [6.07, 6.45) is 4.48. The molecule has 0 saturated carbocycles. The first-order valence-electron chi connectivity index (χ1n) is 5.82. The van der Waals surface area contributed by atoms with Crippen molar-refractivity contribution in [3.63, 3.8) is 0 Å². The van der Waals surface area contributed by atoms with Crippen LogP contribution in [0.25, 0.3) is 0 Å². The Balaban J connectivity index is 2.22. The molecular formula is C13H13FN4O. The molecule has 2 rings (SSSR count). The van der Waals surface area contributed by atoms with Crippen molar-refractivity contribution < 1.29 is 9.18 Å². The maximum absolute atomic E-state index is 14.0. The van der Waals surface area contributed by atoms with Gasteiger partial charge in [-0.15, -0.1) is 0 Å². The maximum Gasteiger partial charge on any atom is 0.258 e. The van der Waals surface area contributed by atoms with Crippen LogP contribution < -0.4 is 10.6 Å². The summed E-state index contributed by atoms with van der Waals surface area (Å²) < 4.78 is 14.0. The zero-order chi connectivity index (χ0) is 13.7. The maximum atomic E-state index is 14.0. The van der Waals surface area contributed by atoms with Gasteiger partial charge in [-0.2, -0.15) is 0 Å². The lowest BCUT2D eigenvalue weighted by Gasteiger charge is -2.08. The molecule has 2 aromatic rings. The van der Waals surface area contributed by atoms with Gasteiger partial charge in [-0.1, -0.05) is 0 Å². The molecule has 19 heavy (non-hydrogen) atoms. The van der Waals surface area contributed by atoms with Gasteiger partial charge in [-0.3, -0.25) is 9.78 Å². The molecular weight excluding hydrogens is 247 g/mol. The lowest BCUT2D eigenvalue weighted by molar-refractivity contribution is 0.102. The van der Waals surface area contributed by atoms with Gasteiger partial charge >= 0.3 is 0 Å². The molecule has 0 saturated heterocycles. The van der Waals surface area contributed by atoms with Gasteiger partial charge in [0.15, 0.2) is 11.6 Å². The summed E-state index contributed by atoms with van der Waals surface area (Å²) >= 11 is 0. The van der Waals surface area contributed by atoms with Crippen molar-refractivity contribution in [2.45, 2.75) is 6.92 Å². The highest BCUT2D eigenvalue weighted by Gasteiger charge is 2.15. The smallest absolute Gasteiger partial charge is 0.258 e. The molecule has 0 radical (unpaired) electrons. The number of hydrogen-bond donors (Lipinski definition) is 2. The van der Waals surface area contributed by atoms with Gasteiger partial charge in [0.1, 0.15) is 0 Å². The van der Waals surface area contributed by atoms with E-state index in [1.807, 2.05) is 6.92 Å². The van der Waals surface area contributed by atoms with Crippen LogP contribution in [0.4, 0.5) is 15.9 Å². The molecule has 1 amide bonds. The van der Waals surface area contributed by atoms with Crippen molar-refractivity contribution in [3.05, 3.63) is 48.2 Å². The number of nitrogens with one attached hydrogen (secondary N) is 2. The molecule has 2 aromatic heterocycles. The van der Waals surface area contributed by atoms with E-state index in [4.69, 9.17) is 0 Å². The molecule has 0 fully saturated rings. The van der Waals surface area contributed by atoms with Crippen molar-refractivity contribution in [1.82, 2.24) is 9.97 Å². The third-order valence-corrected chi connectivity index (χ3v) is 2.42. The molecule has 5 nitrogen and oxygen atoms in total. The minimum Gasteiger partial charge on any atom is -0.368 e. The van der Waals surface area contributed by atoms with Gasteiger partial charge in [-0.25, -0.2) is 9.37 Å². The Hall–Kier alpha value is -2.50. The third kappa shape index (κ3) is 3.04. The van der Waals surface area contributed by atoms with Crippen LogP contribution in [0.3, 0.4) is 0 Å². The molecule has 0 aromatic carbocycles. The van der Waals surface area contributed by atoms with Gasteiger partial charge in [0, 0.05) is 30.8 Å². The van der Waals surface area contributed by atoms with Gasteiger partial charge in [-0.05, 0) is 25.1 Å². The van der Waals surface area contributed by atoms with Crippen molar-refractivity contribution in [2.24, 2.45) is 0 Å². The molecule has 0 aliphatic rings. The van der Waals surface area contributed by atoms with E-state index in [1.54, 1.807) is 24.5 Å². The average Bonchev–Trinajstić information content (AvgIpc) is 2.42. The van der Waals surface area contributed by atoms with E-state index < -0.39 is 11.7 Å². The summed E-state index contributed by atoms with van der Waals surface area (Å²) in [6, 6.07) is 4.59. The van der Waals surface area contributed by atoms with Crippen LogP contribution in [-0.4, -0.2) is 22.4 Å². The van der Waals surface area contributed by atoms with E-state index in [1.165, 1.54) is 12.3 Å². The van der Waals surface area contributed by atoms with Gasteiger partial charge in [0.2, 0.25) is 0 Å². The molecule has 98 valence electrons. The minimum atomic E-state index is -0.657. The Morgan fingerprint density at radius 1 is 1.26 bits per heavy atom. The Labute approximate surface area is 109 Å². The number of anilines is 2. The van der Waals surface area contributed by atoms with E-state index in [0.717, 1.165) is 0 Å². The summed E-state index contributed by atoms with van der Waals surface area (Å²) in [4.78, 5) is 19.6. The first-order chi connectivity index (χ1) is 9.22. The van der Waals surface area contributed by atoms with Crippen LogP contribution in [0.15, 0.2) is 36.8 Å². The number of aromatic nitrogens is 2. The van der Waals surface area contributed by atoms with Crippen LogP contribution in [0.2, 0.25) is 0 Å². The summed E-state index contributed by atoms with van der Waals surface area (Å²) in [5, 5.41) is 5.35. The predicted octanol–water partition coefficient (Wildman–Crippen LogP) is 2.30. The monoisotopic (exact) mass is 260 g/mol. The topological polar surface area (TPSA) is 66.9 Å². The summed E-state index contributed by atoms with van der Waals surface area (Å²) in [5.74, 6) is -1.11. The lowest BCUT2D eigenvalue weighted by Crippen LogP contribution is -2.15. The quantitative estimate of drug-likeness (QED) is 0.885. The SMILES string of the molecule is CCNc1nccc(C(=O)Nc2ccncc2)c1F. The standard InChI is InChI=1S/C13H13FN4O/c1-2-16-12-11(14)10(5-8-17-12)13(19)18-9-3-6-15-7-4-9/h3-8H,2H2,1H3,(H,16,17)(H,15,18,19). The number of nitrogens with zero attached hydrogens (tertiary/aromatic N) is 2. The number of hydrogen-bond acceptors (Lipinski definition) is 4. The zero-order valence-electron chi connectivity index (χ0n) is 10.4. The van der Waals surface area contributed by atoms with E-state index in [2.05, 4.69) is 20.6 Å².